The summed E-state index contributed by atoms with van der Waals surface area (Å²) in [5.74, 6) is 7.38. The minimum Gasteiger partial charge on any atom is -0.477 e. The molecule has 1 fully saturated rings. The van der Waals surface area contributed by atoms with E-state index in [-0.39, 0.29) is 0 Å². The van der Waals surface area contributed by atoms with Crippen LogP contribution in [0.15, 0.2) is 11.2 Å². The number of nitrogen functional groups attached to an aromatic ring is 1. The van der Waals surface area contributed by atoms with Gasteiger partial charge in [0, 0.05) is 6.07 Å². The molecule has 0 aromatic carbocycles. The van der Waals surface area contributed by atoms with Crippen LogP contribution in [0.2, 0.25) is 0 Å². The summed E-state index contributed by atoms with van der Waals surface area (Å²) in [6.45, 7) is 0.722. The Morgan fingerprint density at radius 3 is 2.94 bits per heavy atom. The van der Waals surface area contributed by atoms with Crippen molar-refractivity contribution in [2.24, 2.45) is 11.8 Å². The number of rotatable bonds is 6. The summed E-state index contributed by atoms with van der Waals surface area (Å²) in [7, 11) is 0. The second kappa shape index (κ2) is 6.07. The van der Waals surface area contributed by atoms with Crippen LogP contribution < -0.4 is 16.0 Å². The van der Waals surface area contributed by atoms with Gasteiger partial charge < -0.3 is 10.2 Å². The van der Waals surface area contributed by atoms with Crippen molar-refractivity contribution >= 4 is 17.6 Å². The molecule has 0 atom stereocenters. The fraction of sp³-hybridized carbons (Fsp3) is 0.636. The van der Waals surface area contributed by atoms with Crippen LogP contribution in [-0.2, 0) is 0 Å². The van der Waals surface area contributed by atoms with Gasteiger partial charge in [-0.3, -0.25) is 0 Å². The van der Waals surface area contributed by atoms with Gasteiger partial charge in [-0.05, 0) is 18.6 Å². The molecule has 1 aromatic heterocycles. The fourth-order valence-corrected chi connectivity index (χ4v) is 2.13. The van der Waals surface area contributed by atoms with Gasteiger partial charge in [0.1, 0.15) is 5.82 Å². The zero-order valence-corrected chi connectivity index (χ0v) is 10.8. The molecule has 0 saturated heterocycles. The van der Waals surface area contributed by atoms with Gasteiger partial charge in [0.05, 0.1) is 6.61 Å². The first-order valence-electron chi connectivity index (χ1n) is 5.84. The van der Waals surface area contributed by atoms with Crippen LogP contribution in [0.25, 0.3) is 0 Å². The van der Waals surface area contributed by atoms with E-state index in [9.17, 15) is 0 Å². The third-order valence-corrected chi connectivity index (χ3v) is 3.56. The number of ether oxygens (including phenoxy) is 1. The molecule has 1 aliphatic carbocycles. The molecule has 1 aliphatic rings. The van der Waals surface area contributed by atoms with Crippen molar-refractivity contribution in [1.82, 2.24) is 9.97 Å². The molecule has 0 spiro atoms. The third kappa shape index (κ3) is 3.47. The predicted molar refractivity (Wildman–Crippen MR) is 69.1 cm³/mol. The van der Waals surface area contributed by atoms with Gasteiger partial charge in [0.2, 0.25) is 5.88 Å². The van der Waals surface area contributed by atoms with Crippen LogP contribution in [0.3, 0.4) is 0 Å². The number of nitrogens with zero attached hydrogens (tertiary/aromatic N) is 2. The average molecular weight is 254 g/mol. The molecule has 0 aliphatic heterocycles. The quantitative estimate of drug-likeness (QED) is 0.350. The lowest BCUT2D eigenvalue weighted by molar-refractivity contribution is 0.216. The van der Waals surface area contributed by atoms with E-state index in [0.29, 0.717) is 16.9 Å². The van der Waals surface area contributed by atoms with Gasteiger partial charge >= 0.3 is 0 Å². The maximum Gasteiger partial charge on any atom is 0.219 e. The summed E-state index contributed by atoms with van der Waals surface area (Å²) in [5, 5.41) is 0.666. The SMILES string of the molecule is CSc1nc(NN)cc(OCCC2CCC2)n1. The van der Waals surface area contributed by atoms with Gasteiger partial charge in [-0.25, -0.2) is 10.8 Å². The molecule has 5 nitrogen and oxygen atoms in total. The van der Waals surface area contributed by atoms with Crippen molar-refractivity contribution in [2.75, 3.05) is 18.3 Å². The molecule has 0 radical (unpaired) electrons. The number of nitrogens with two attached hydrogens (primary N) is 1. The number of thioether (sulfide) groups is 1. The molecule has 1 heterocycles. The molecular weight excluding hydrogens is 236 g/mol. The smallest absolute Gasteiger partial charge is 0.219 e. The van der Waals surface area contributed by atoms with Gasteiger partial charge in [-0.1, -0.05) is 31.0 Å². The van der Waals surface area contributed by atoms with Crippen molar-refractivity contribution in [3.63, 3.8) is 0 Å². The summed E-state index contributed by atoms with van der Waals surface area (Å²) in [6.07, 6.45) is 7.10. The molecule has 0 unspecified atom stereocenters. The normalized spacial score (nSPS) is 15.4. The van der Waals surface area contributed by atoms with Gasteiger partial charge in [-0.2, -0.15) is 4.98 Å². The Labute approximate surface area is 106 Å². The molecule has 3 N–H and O–H groups in total. The second-order valence-electron chi connectivity index (χ2n) is 4.16. The molecule has 2 rings (SSSR count). The van der Waals surface area contributed by atoms with Crippen LogP contribution in [0.5, 0.6) is 5.88 Å². The van der Waals surface area contributed by atoms with E-state index in [4.69, 9.17) is 10.6 Å². The Hall–Kier alpha value is -1.01. The first kappa shape index (κ1) is 12.4. The Kier molecular flexibility index (Phi) is 4.44. The van der Waals surface area contributed by atoms with E-state index in [1.807, 2.05) is 6.26 Å². The van der Waals surface area contributed by atoms with E-state index >= 15 is 0 Å². The largest absolute Gasteiger partial charge is 0.477 e. The highest BCUT2D eigenvalue weighted by Gasteiger charge is 2.17. The standard InChI is InChI=1S/C11H18N4OS/c1-17-11-13-9(15-12)7-10(14-11)16-6-5-8-3-2-4-8/h7-8H,2-6,12H2,1H3,(H,13,14,15). The van der Waals surface area contributed by atoms with Crippen LogP contribution in [0.4, 0.5) is 5.82 Å². The lowest BCUT2D eigenvalue weighted by Crippen LogP contribution is -2.15. The summed E-state index contributed by atoms with van der Waals surface area (Å²) >= 11 is 1.47. The monoisotopic (exact) mass is 254 g/mol. The Morgan fingerprint density at radius 2 is 2.35 bits per heavy atom. The maximum absolute atomic E-state index is 5.64. The summed E-state index contributed by atoms with van der Waals surface area (Å²) < 4.78 is 5.64. The first-order chi connectivity index (χ1) is 8.31. The molecular formula is C11H18N4OS. The summed E-state index contributed by atoms with van der Waals surface area (Å²) in [6, 6.07) is 1.72. The minimum atomic E-state index is 0.586. The second-order valence-corrected chi connectivity index (χ2v) is 4.93. The lowest BCUT2D eigenvalue weighted by Gasteiger charge is -2.24. The fourth-order valence-electron chi connectivity index (χ4n) is 1.75. The van der Waals surface area contributed by atoms with Crippen molar-refractivity contribution in [3.8, 4) is 5.88 Å². The molecule has 0 bridgehead atoms. The predicted octanol–water partition coefficient (Wildman–Crippen LogP) is 2.05. The molecule has 6 heteroatoms. The summed E-state index contributed by atoms with van der Waals surface area (Å²) in [4.78, 5) is 8.45. The molecule has 1 aromatic rings. The van der Waals surface area contributed by atoms with Crippen molar-refractivity contribution < 1.29 is 4.74 Å². The van der Waals surface area contributed by atoms with E-state index in [1.165, 1.54) is 31.0 Å². The van der Waals surface area contributed by atoms with Crippen molar-refractivity contribution in [1.29, 1.82) is 0 Å². The summed E-state index contributed by atoms with van der Waals surface area (Å²) in [5.41, 5.74) is 2.52. The Balaban J connectivity index is 1.89. The zero-order valence-electron chi connectivity index (χ0n) is 9.98. The highest BCUT2D eigenvalue weighted by molar-refractivity contribution is 7.98. The topological polar surface area (TPSA) is 73.1 Å². The highest BCUT2D eigenvalue weighted by Crippen LogP contribution is 2.29. The van der Waals surface area contributed by atoms with Crippen LogP contribution >= 0.6 is 11.8 Å². The van der Waals surface area contributed by atoms with Gasteiger partial charge in [-0.15, -0.1) is 0 Å². The number of hydrogen-bond acceptors (Lipinski definition) is 6. The molecule has 1 saturated carbocycles. The lowest BCUT2D eigenvalue weighted by atomic mass is 9.83. The zero-order chi connectivity index (χ0) is 12.1. The Morgan fingerprint density at radius 1 is 1.53 bits per heavy atom. The highest BCUT2D eigenvalue weighted by atomic mass is 32.2. The van der Waals surface area contributed by atoms with Crippen molar-refractivity contribution in [3.05, 3.63) is 6.07 Å². The van der Waals surface area contributed by atoms with Crippen LogP contribution in [0.1, 0.15) is 25.7 Å². The van der Waals surface area contributed by atoms with E-state index in [1.54, 1.807) is 6.07 Å². The number of hydrogen-bond donors (Lipinski definition) is 2. The van der Waals surface area contributed by atoms with Crippen LogP contribution in [-0.4, -0.2) is 22.8 Å². The Bertz CT molecular complexity index is 348. The van der Waals surface area contributed by atoms with E-state index in [0.717, 1.165) is 18.9 Å². The molecule has 17 heavy (non-hydrogen) atoms. The van der Waals surface area contributed by atoms with Gasteiger partial charge in [0.15, 0.2) is 5.16 Å². The number of nitrogens with one attached hydrogen (secondary N) is 1. The van der Waals surface area contributed by atoms with Crippen LogP contribution in [0, 0.1) is 5.92 Å². The molecule has 0 amide bonds. The third-order valence-electron chi connectivity index (χ3n) is 3.01. The number of aromatic nitrogens is 2. The molecule has 94 valence electrons. The average Bonchev–Trinajstić information content (AvgIpc) is 2.31. The van der Waals surface area contributed by atoms with Gasteiger partial charge in [0.25, 0.3) is 0 Å². The first-order valence-corrected chi connectivity index (χ1v) is 7.07. The number of anilines is 1. The van der Waals surface area contributed by atoms with Crippen molar-refractivity contribution in [2.45, 2.75) is 30.8 Å². The van der Waals surface area contributed by atoms with E-state index in [2.05, 4.69) is 15.4 Å². The minimum absolute atomic E-state index is 0.586. The maximum atomic E-state index is 5.64. The van der Waals surface area contributed by atoms with E-state index < -0.39 is 0 Å². The number of hydrazine groups is 1.